The lowest BCUT2D eigenvalue weighted by Crippen LogP contribution is -2.42. The molecule has 1 aliphatic rings. The van der Waals surface area contributed by atoms with E-state index in [1.807, 2.05) is 6.92 Å². The van der Waals surface area contributed by atoms with Crippen molar-refractivity contribution < 1.29 is 24.3 Å². The highest BCUT2D eigenvalue weighted by atomic mass is 17.0. The highest BCUT2D eigenvalue weighted by Crippen LogP contribution is 2.36. The molecule has 0 radical (unpaired) electrons. The normalized spacial score (nSPS) is 17.6. The molecule has 0 aliphatic carbocycles. The SMILES string of the molecule is CCCCOC(=O)C1c2ccccc2C(=O)N1C(C)O[N+](=O)[O-]. The third-order valence-corrected chi connectivity index (χ3v) is 3.59. The highest BCUT2D eigenvalue weighted by Gasteiger charge is 2.45. The van der Waals surface area contributed by atoms with Crippen LogP contribution in [0.5, 0.6) is 0 Å². The Hall–Kier alpha value is -2.64. The van der Waals surface area contributed by atoms with Gasteiger partial charge in [-0.25, -0.2) is 4.79 Å². The molecule has 23 heavy (non-hydrogen) atoms. The number of hydrogen-bond donors (Lipinski definition) is 0. The largest absolute Gasteiger partial charge is 0.464 e. The van der Waals surface area contributed by atoms with Crippen LogP contribution < -0.4 is 0 Å². The monoisotopic (exact) mass is 322 g/mol. The van der Waals surface area contributed by atoms with Crippen LogP contribution in [0.15, 0.2) is 24.3 Å². The summed E-state index contributed by atoms with van der Waals surface area (Å²) in [7, 11) is 0. The molecule has 8 heteroatoms. The number of benzene rings is 1. The van der Waals surface area contributed by atoms with Gasteiger partial charge in [-0.05, 0) is 25.0 Å². The van der Waals surface area contributed by atoms with Gasteiger partial charge >= 0.3 is 5.97 Å². The molecule has 2 rings (SSSR count). The van der Waals surface area contributed by atoms with Gasteiger partial charge in [0.15, 0.2) is 12.3 Å². The quantitative estimate of drug-likeness (QED) is 0.330. The van der Waals surface area contributed by atoms with Crippen molar-refractivity contribution in [1.82, 2.24) is 4.90 Å². The molecule has 0 spiro atoms. The van der Waals surface area contributed by atoms with Gasteiger partial charge < -0.3 is 4.74 Å². The maximum Gasteiger partial charge on any atom is 0.333 e. The van der Waals surface area contributed by atoms with Gasteiger partial charge in [-0.1, -0.05) is 31.5 Å². The Balaban J connectivity index is 2.30. The number of fused-ring (bicyclic) bond motifs is 1. The first-order chi connectivity index (χ1) is 11.0. The van der Waals surface area contributed by atoms with Crippen LogP contribution in [0.25, 0.3) is 0 Å². The average molecular weight is 322 g/mol. The zero-order valence-electron chi connectivity index (χ0n) is 12.9. The fourth-order valence-corrected chi connectivity index (χ4v) is 2.52. The molecule has 2 atom stereocenters. The molecule has 124 valence electrons. The van der Waals surface area contributed by atoms with Crippen LogP contribution in [0.3, 0.4) is 0 Å². The number of hydrogen-bond acceptors (Lipinski definition) is 6. The Bertz CT molecular complexity index is 618. The summed E-state index contributed by atoms with van der Waals surface area (Å²) in [5.74, 6) is -1.11. The van der Waals surface area contributed by atoms with Crippen molar-refractivity contribution in [2.24, 2.45) is 0 Å². The molecule has 1 aromatic rings. The molecule has 1 amide bonds. The van der Waals surface area contributed by atoms with E-state index < -0.39 is 29.2 Å². The van der Waals surface area contributed by atoms with Crippen molar-refractivity contribution in [1.29, 1.82) is 0 Å². The van der Waals surface area contributed by atoms with Crippen molar-refractivity contribution >= 4 is 11.9 Å². The maximum absolute atomic E-state index is 12.5. The molecule has 1 heterocycles. The van der Waals surface area contributed by atoms with Crippen LogP contribution in [-0.4, -0.2) is 34.7 Å². The number of ether oxygens (including phenoxy) is 1. The number of nitrogens with zero attached hydrogens (tertiary/aromatic N) is 2. The summed E-state index contributed by atoms with van der Waals surface area (Å²) >= 11 is 0. The van der Waals surface area contributed by atoms with E-state index in [9.17, 15) is 19.7 Å². The lowest BCUT2D eigenvalue weighted by molar-refractivity contribution is -0.772. The zero-order chi connectivity index (χ0) is 17.0. The van der Waals surface area contributed by atoms with Gasteiger partial charge in [-0.2, -0.15) is 0 Å². The van der Waals surface area contributed by atoms with Crippen LogP contribution in [0.4, 0.5) is 0 Å². The van der Waals surface area contributed by atoms with E-state index in [4.69, 9.17) is 4.74 Å². The fraction of sp³-hybridized carbons (Fsp3) is 0.467. The first-order valence-electron chi connectivity index (χ1n) is 7.36. The molecule has 1 aromatic carbocycles. The van der Waals surface area contributed by atoms with Crippen LogP contribution in [-0.2, 0) is 14.4 Å². The Morgan fingerprint density at radius 3 is 2.78 bits per heavy atom. The van der Waals surface area contributed by atoms with Crippen LogP contribution in [0.2, 0.25) is 0 Å². The van der Waals surface area contributed by atoms with Gasteiger partial charge in [0.25, 0.3) is 11.0 Å². The first-order valence-corrected chi connectivity index (χ1v) is 7.36. The summed E-state index contributed by atoms with van der Waals surface area (Å²) in [5, 5.41) is 9.58. The molecule has 8 nitrogen and oxygen atoms in total. The first kappa shape index (κ1) is 16.7. The van der Waals surface area contributed by atoms with Crippen LogP contribution in [0.1, 0.15) is 48.7 Å². The summed E-state index contributed by atoms with van der Waals surface area (Å²) in [4.78, 5) is 40.9. The molecule has 0 saturated heterocycles. The number of carbonyl (C=O) groups excluding carboxylic acids is 2. The van der Waals surface area contributed by atoms with Gasteiger partial charge in [-0.15, -0.1) is 10.1 Å². The topological polar surface area (TPSA) is 99.0 Å². The van der Waals surface area contributed by atoms with E-state index in [0.717, 1.165) is 11.3 Å². The summed E-state index contributed by atoms with van der Waals surface area (Å²) in [6.07, 6.45) is 0.362. The van der Waals surface area contributed by atoms with Crippen LogP contribution in [0, 0.1) is 10.1 Å². The molecule has 1 aliphatic heterocycles. The third kappa shape index (κ3) is 3.41. The molecule has 0 N–H and O–H groups in total. The minimum atomic E-state index is -1.20. The molecular formula is C15H18N2O6. The van der Waals surface area contributed by atoms with Gasteiger partial charge in [-0.3, -0.25) is 14.5 Å². The smallest absolute Gasteiger partial charge is 0.333 e. The lowest BCUT2D eigenvalue weighted by Gasteiger charge is -2.28. The average Bonchev–Trinajstić information content (AvgIpc) is 2.80. The highest BCUT2D eigenvalue weighted by molar-refractivity contribution is 6.03. The second kappa shape index (κ2) is 7.08. The van der Waals surface area contributed by atoms with E-state index in [2.05, 4.69) is 4.84 Å². The maximum atomic E-state index is 12.5. The van der Waals surface area contributed by atoms with Gasteiger partial charge in [0.1, 0.15) is 0 Å². The van der Waals surface area contributed by atoms with Crippen LogP contribution >= 0.6 is 0 Å². The molecule has 0 saturated carbocycles. The summed E-state index contributed by atoms with van der Waals surface area (Å²) in [6.45, 7) is 3.54. The van der Waals surface area contributed by atoms with Crippen molar-refractivity contribution in [3.8, 4) is 0 Å². The number of amides is 1. The molecular weight excluding hydrogens is 304 g/mol. The van der Waals surface area contributed by atoms with E-state index in [1.54, 1.807) is 24.3 Å². The van der Waals surface area contributed by atoms with E-state index in [1.165, 1.54) is 6.92 Å². The number of rotatable bonds is 7. The Morgan fingerprint density at radius 1 is 1.43 bits per heavy atom. The number of carbonyl (C=O) groups is 2. The lowest BCUT2D eigenvalue weighted by atomic mass is 10.1. The van der Waals surface area contributed by atoms with Crippen molar-refractivity contribution in [3.05, 3.63) is 45.5 Å². The molecule has 2 unspecified atom stereocenters. The Kier molecular flexibility index (Phi) is 5.15. The van der Waals surface area contributed by atoms with Gasteiger partial charge in [0.05, 0.1) is 6.61 Å². The molecule has 0 fully saturated rings. The van der Waals surface area contributed by atoms with E-state index >= 15 is 0 Å². The van der Waals surface area contributed by atoms with Crippen molar-refractivity contribution in [2.45, 2.75) is 39.0 Å². The summed E-state index contributed by atoms with van der Waals surface area (Å²) in [5.41, 5.74) is 0.793. The predicted octanol–water partition coefficient (Wildman–Crippen LogP) is 2.08. The third-order valence-electron chi connectivity index (χ3n) is 3.59. The minimum absolute atomic E-state index is 0.237. The van der Waals surface area contributed by atoms with Crippen molar-refractivity contribution in [2.75, 3.05) is 6.61 Å². The zero-order valence-corrected chi connectivity index (χ0v) is 12.9. The molecule has 0 bridgehead atoms. The second-order valence-electron chi connectivity index (χ2n) is 5.15. The predicted molar refractivity (Wildman–Crippen MR) is 78.8 cm³/mol. The van der Waals surface area contributed by atoms with E-state index in [0.29, 0.717) is 17.5 Å². The van der Waals surface area contributed by atoms with Gasteiger partial charge in [0.2, 0.25) is 0 Å². The second-order valence-corrected chi connectivity index (χ2v) is 5.15. The number of esters is 1. The standard InChI is InChI=1S/C15H18N2O6/c1-3-4-9-22-15(19)13-11-7-5-6-8-12(11)14(18)16(13)10(2)23-17(20)21/h5-8,10,13H,3-4,9H2,1-2H3. The number of unbranched alkanes of at least 4 members (excludes halogenated alkanes) is 1. The van der Waals surface area contributed by atoms with E-state index in [-0.39, 0.29) is 6.61 Å². The summed E-state index contributed by atoms with van der Waals surface area (Å²) in [6, 6.07) is 5.53. The molecule has 0 aromatic heterocycles. The van der Waals surface area contributed by atoms with Crippen molar-refractivity contribution in [3.63, 3.8) is 0 Å². The Labute approximate surface area is 133 Å². The Morgan fingerprint density at radius 2 is 2.13 bits per heavy atom. The van der Waals surface area contributed by atoms with Gasteiger partial charge in [0, 0.05) is 5.56 Å². The fourth-order valence-electron chi connectivity index (χ4n) is 2.52. The summed E-state index contributed by atoms with van der Waals surface area (Å²) < 4.78 is 5.20. The minimum Gasteiger partial charge on any atom is -0.464 e.